The van der Waals surface area contributed by atoms with E-state index in [2.05, 4.69) is 20.8 Å². The van der Waals surface area contributed by atoms with Crippen molar-refractivity contribution in [2.45, 2.75) is 32.7 Å². The molecule has 202 valence electrons. The fraction of sp³-hybridized carbons (Fsp3) is 0.407. The first-order chi connectivity index (χ1) is 18.4. The Bertz CT molecular complexity index is 1410. The van der Waals surface area contributed by atoms with E-state index >= 15 is 0 Å². The monoisotopic (exact) mass is 523 g/mol. The predicted octanol–water partition coefficient (Wildman–Crippen LogP) is 3.93. The molecule has 0 aliphatic carbocycles. The molecule has 0 saturated heterocycles. The number of hydrogen-bond acceptors (Lipinski definition) is 6. The molecular weight excluding hydrogens is 489 g/mol. The summed E-state index contributed by atoms with van der Waals surface area (Å²) in [4.78, 5) is 31.2. The molecule has 3 N–H and O–H groups in total. The van der Waals surface area contributed by atoms with E-state index in [1.54, 1.807) is 24.3 Å². The number of H-pyrrole nitrogens is 1. The molecule has 2 aromatic carbocycles. The van der Waals surface area contributed by atoms with Crippen LogP contribution < -0.4 is 10.6 Å². The van der Waals surface area contributed by atoms with Crippen LogP contribution in [0.4, 0.5) is 9.18 Å². The van der Waals surface area contributed by atoms with Crippen LogP contribution in [0.3, 0.4) is 0 Å². The summed E-state index contributed by atoms with van der Waals surface area (Å²) in [6.45, 7) is 4.56. The number of aromatic amines is 1. The predicted molar refractivity (Wildman–Crippen MR) is 145 cm³/mol. The standard InChI is InChI=1S/C27H34FN7O3/c1-4-5-15-38-27(37)30-12-6-11-29-26(36)18-7-9-21-20(16-18)24(33-32-21)25-31-22-10-8-19(28)17-23(22)35(25)14-13-34(2)3/h7-10,16-17H,4-6,11-15H2,1-3H3,(H,29,36)(H,30,37)(H,32,33). The van der Waals surface area contributed by atoms with Gasteiger partial charge in [0.25, 0.3) is 5.91 Å². The molecule has 0 bridgehead atoms. The maximum absolute atomic E-state index is 14.1. The van der Waals surface area contributed by atoms with Gasteiger partial charge < -0.3 is 24.8 Å². The van der Waals surface area contributed by atoms with Gasteiger partial charge in [0.05, 0.1) is 23.2 Å². The largest absolute Gasteiger partial charge is 0.450 e. The first-order valence-electron chi connectivity index (χ1n) is 12.8. The number of ether oxygens (including phenoxy) is 1. The Morgan fingerprint density at radius 2 is 1.92 bits per heavy atom. The highest BCUT2D eigenvalue weighted by molar-refractivity contribution is 6.01. The van der Waals surface area contributed by atoms with Crippen molar-refractivity contribution in [1.82, 2.24) is 35.3 Å². The average Bonchev–Trinajstić information content (AvgIpc) is 3.47. The van der Waals surface area contributed by atoms with Crippen LogP contribution >= 0.6 is 0 Å². The number of carbonyl (C=O) groups excluding carboxylic acids is 2. The number of nitrogens with one attached hydrogen (secondary N) is 3. The smallest absolute Gasteiger partial charge is 0.407 e. The van der Waals surface area contributed by atoms with Crippen molar-refractivity contribution in [3.05, 3.63) is 47.8 Å². The number of amides is 2. The number of unbranched alkanes of at least 4 members (excludes halogenated alkanes) is 1. The molecule has 38 heavy (non-hydrogen) atoms. The number of halogens is 1. The first-order valence-corrected chi connectivity index (χ1v) is 12.8. The molecule has 0 aliphatic heterocycles. The van der Waals surface area contributed by atoms with Crippen LogP contribution in [0.15, 0.2) is 36.4 Å². The summed E-state index contributed by atoms with van der Waals surface area (Å²) in [6, 6.07) is 9.85. The lowest BCUT2D eigenvalue weighted by Gasteiger charge is -2.13. The number of aromatic nitrogens is 4. The molecule has 0 aliphatic rings. The molecule has 0 atom stereocenters. The Labute approximate surface area is 220 Å². The second kappa shape index (κ2) is 12.5. The van der Waals surface area contributed by atoms with Gasteiger partial charge in [0.15, 0.2) is 5.82 Å². The molecule has 2 amide bonds. The second-order valence-electron chi connectivity index (χ2n) is 9.38. The fourth-order valence-electron chi connectivity index (χ4n) is 4.07. The molecule has 4 aromatic rings. The molecule has 0 radical (unpaired) electrons. The first kappa shape index (κ1) is 27.1. The lowest BCUT2D eigenvalue weighted by Crippen LogP contribution is -2.30. The highest BCUT2D eigenvalue weighted by Gasteiger charge is 2.19. The lowest BCUT2D eigenvalue weighted by molar-refractivity contribution is 0.0953. The summed E-state index contributed by atoms with van der Waals surface area (Å²) in [5, 5.41) is 13.8. The highest BCUT2D eigenvalue weighted by atomic mass is 19.1. The number of fused-ring (bicyclic) bond motifs is 2. The Morgan fingerprint density at radius 3 is 2.71 bits per heavy atom. The highest BCUT2D eigenvalue weighted by Crippen LogP contribution is 2.30. The molecule has 2 heterocycles. The Balaban J connectivity index is 1.48. The van der Waals surface area contributed by atoms with Crippen LogP contribution in [-0.2, 0) is 11.3 Å². The molecule has 2 aromatic heterocycles. The Morgan fingerprint density at radius 1 is 1.11 bits per heavy atom. The molecule has 0 saturated carbocycles. The van der Waals surface area contributed by atoms with E-state index in [-0.39, 0.29) is 11.7 Å². The third kappa shape index (κ3) is 6.46. The van der Waals surface area contributed by atoms with Gasteiger partial charge in [-0.05, 0) is 63.3 Å². The molecule has 4 rings (SSSR count). The van der Waals surface area contributed by atoms with Gasteiger partial charge >= 0.3 is 6.09 Å². The number of likely N-dealkylation sites (N-methyl/N-ethyl adjacent to an activating group) is 1. The van der Waals surface area contributed by atoms with E-state index in [1.165, 1.54) is 12.1 Å². The third-order valence-corrected chi connectivity index (χ3v) is 6.16. The van der Waals surface area contributed by atoms with Crippen LogP contribution in [-0.4, -0.2) is 77.0 Å². The van der Waals surface area contributed by atoms with Crippen molar-refractivity contribution in [1.29, 1.82) is 0 Å². The summed E-state index contributed by atoms with van der Waals surface area (Å²) >= 11 is 0. The SMILES string of the molecule is CCCCOC(=O)NCCCNC(=O)c1ccc2[nH]nc(-c3nc4ccc(F)cc4n3CCN(C)C)c2c1. The maximum Gasteiger partial charge on any atom is 0.407 e. The van der Waals surface area contributed by atoms with Crippen molar-refractivity contribution in [3.63, 3.8) is 0 Å². The summed E-state index contributed by atoms with van der Waals surface area (Å²) in [5.41, 5.74) is 3.20. The van der Waals surface area contributed by atoms with Gasteiger partial charge in [-0.15, -0.1) is 0 Å². The second-order valence-corrected chi connectivity index (χ2v) is 9.38. The van der Waals surface area contributed by atoms with E-state index in [0.29, 0.717) is 60.8 Å². The topological polar surface area (TPSA) is 117 Å². The van der Waals surface area contributed by atoms with Crippen LogP contribution in [0.25, 0.3) is 33.5 Å². The van der Waals surface area contributed by atoms with Crippen molar-refractivity contribution in [3.8, 4) is 11.5 Å². The average molecular weight is 524 g/mol. The maximum atomic E-state index is 14.1. The Kier molecular flexibility index (Phi) is 8.90. The van der Waals surface area contributed by atoms with E-state index in [9.17, 15) is 14.0 Å². The normalized spacial score (nSPS) is 11.4. The zero-order valence-corrected chi connectivity index (χ0v) is 22.0. The molecule has 10 nitrogen and oxygen atoms in total. The van der Waals surface area contributed by atoms with E-state index in [0.717, 1.165) is 30.3 Å². The number of hydrogen-bond donors (Lipinski definition) is 3. The van der Waals surface area contributed by atoms with Gasteiger partial charge in [-0.1, -0.05) is 13.3 Å². The fourth-order valence-corrected chi connectivity index (χ4v) is 4.07. The number of rotatable bonds is 12. The van der Waals surface area contributed by atoms with Crippen LogP contribution in [0, 0.1) is 5.82 Å². The molecule has 11 heteroatoms. The van der Waals surface area contributed by atoms with Crippen LogP contribution in [0.1, 0.15) is 36.5 Å². The molecule has 0 unspecified atom stereocenters. The number of carbonyl (C=O) groups is 2. The van der Waals surface area contributed by atoms with E-state index < -0.39 is 6.09 Å². The quantitative estimate of drug-likeness (QED) is 0.242. The van der Waals surface area contributed by atoms with E-state index in [1.807, 2.05) is 30.5 Å². The summed E-state index contributed by atoms with van der Waals surface area (Å²) in [7, 11) is 3.95. The van der Waals surface area contributed by atoms with Crippen LogP contribution in [0.5, 0.6) is 0 Å². The summed E-state index contributed by atoms with van der Waals surface area (Å²) in [6.07, 6.45) is 1.92. The minimum Gasteiger partial charge on any atom is -0.450 e. The van der Waals surface area contributed by atoms with Gasteiger partial charge in [-0.2, -0.15) is 5.10 Å². The van der Waals surface area contributed by atoms with Gasteiger partial charge in [-0.3, -0.25) is 9.89 Å². The van der Waals surface area contributed by atoms with Crippen LogP contribution in [0.2, 0.25) is 0 Å². The summed E-state index contributed by atoms with van der Waals surface area (Å²) < 4.78 is 21.1. The minimum atomic E-state index is -0.443. The summed E-state index contributed by atoms with van der Waals surface area (Å²) in [5.74, 6) is 0.0467. The Hall–Kier alpha value is -3.99. The lowest BCUT2D eigenvalue weighted by atomic mass is 10.1. The van der Waals surface area contributed by atoms with E-state index in [4.69, 9.17) is 9.72 Å². The number of benzene rings is 2. The van der Waals surface area contributed by atoms with Crippen molar-refractivity contribution >= 4 is 33.9 Å². The number of imidazole rings is 1. The van der Waals surface area contributed by atoms with Gasteiger partial charge in [-0.25, -0.2) is 14.2 Å². The minimum absolute atomic E-state index is 0.229. The molecule has 0 fully saturated rings. The van der Waals surface area contributed by atoms with Gasteiger partial charge in [0, 0.05) is 37.1 Å². The zero-order valence-electron chi connectivity index (χ0n) is 22.0. The van der Waals surface area contributed by atoms with Gasteiger partial charge in [0.2, 0.25) is 0 Å². The number of nitrogens with zero attached hydrogens (tertiary/aromatic N) is 4. The van der Waals surface area contributed by atoms with Gasteiger partial charge in [0.1, 0.15) is 11.5 Å². The molecule has 0 spiro atoms. The number of alkyl carbamates (subject to hydrolysis) is 1. The molecular formula is C27H34FN7O3. The van der Waals surface area contributed by atoms with Crippen molar-refractivity contribution in [2.24, 2.45) is 0 Å². The van der Waals surface area contributed by atoms with Crippen molar-refractivity contribution in [2.75, 3.05) is 40.3 Å². The van der Waals surface area contributed by atoms with Crippen molar-refractivity contribution < 1.29 is 18.7 Å². The third-order valence-electron chi connectivity index (χ3n) is 6.16. The zero-order chi connectivity index (χ0) is 27.1.